The van der Waals surface area contributed by atoms with Crippen molar-refractivity contribution in [1.82, 2.24) is 4.90 Å². The van der Waals surface area contributed by atoms with Crippen LogP contribution in [0.3, 0.4) is 0 Å². The summed E-state index contributed by atoms with van der Waals surface area (Å²) < 4.78 is 25.4. The molecule has 0 aliphatic carbocycles. The molecule has 0 saturated carbocycles. The van der Waals surface area contributed by atoms with Crippen molar-refractivity contribution in [3.63, 3.8) is 0 Å². The van der Waals surface area contributed by atoms with Crippen molar-refractivity contribution >= 4 is 11.1 Å². The molecule has 1 unspecified atom stereocenters. The Labute approximate surface area is 110 Å². The summed E-state index contributed by atoms with van der Waals surface area (Å²) in [6, 6.07) is 6.14. The minimum absolute atomic E-state index is 0.160. The Kier molecular flexibility index (Phi) is 4.37. The van der Waals surface area contributed by atoms with Crippen LogP contribution in [0.15, 0.2) is 18.2 Å². The zero-order chi connectivity index (χ0) is 13.1. The van der Waals surface area contributed by atoms with E-state index in [-0.39, 0.29) is 12.0 Å². The maximum absolute atomic E-state index is 10.8. The molecule has 0 amide bonds. The van der Waals surface area contributed by atoms with Gasteiger partial charge in [-0.1, -0.05) is 6.07 Å². The Hall–Kier alpha value is -0.910. The highest BCUT2D eigenvalue weighted by molar-refractivity contribution is 7.79. The van der Waals surface area contributed by atoms with Gasteiger partial charge >= 0.3 is 0 Å². The van der Waals surface area contributed by atoms with Gasteiger partial charge in [-0.15, -0.1) is 0 Å². The molecule has 100 valence electrons. The molecule has 18 heavy (non-hydrogen) atoms. The first-order valence-electron chi connectivity index (χ1n) is 6.13. The number of nitrogens with zero attached hydrogens (tertiary/aromatic N) is 1. The maximum Gasteiger partial charge on any atom is 0.167 e. The van der Waals surface area contributed by atoms with Crippen molar-refractivity contribution < 1.29 is 13.5 Å². The highest BCUT2D eigenvalue weighted by Crippen LogP contribution is 2.24. The first-order valence-corrected chi connectivity index (χ1v) is 7.40. The number of benzene rings is 1. The van der Waals surface area contributed by atoms with Gasteiger partial charge < -0.3 is 9.29 Å². The predicted octanol–water partition coefficient (Wildman–Crippen LogP) is 2.01. The molecule has 1 heterocycles. The molecule has 0 aromatic heterocycles. The average molecular weight is 269 g/mol. The summed E-state index contributed by atoms with van der Waals surface area (Å²) in [5.41, 5.74) is 2.51. The normalized spacial score (nSPS) is 17.6. The maximum atomic E-state index is 10.8. The van der Waals surface area contributed by atoms with Gasteiger partial charge in [-0.3, -0.25) is 4.90 Å². The van der Waals surface area contributed by atoms with Crippen molar-refractivity contribution in [1.29, 1.82) is 0 Å². The predicted molar refractivity (Wildman–Crippen MR) is 72.0 cm³/mol. The fraction of sp³-hybridized carbons (Fsp3) is 0.538. The first-order chi connectivity index (χ1) is 8.54. The van der Waals surface area contributed by atoms with E-state index in [1.807, 2.05) is 30.9 Å². The van der Waals surface area contributed by atoms with Gasteiger partial charge in [0.15, 0.2) is 11.1 Å². The summed E-state index contributed by atoms with van der Waals surface area (Å²) in [6.07, 6.45) is 1.08. The number of hydrogen-bond donors (Lipinski definition) is 1. The molecule has 4 nitrogen and oxygen atoms in total. The van der Waals surface area contributed by atoms with Crippen LogP contribution in [0.25, 0.3) is 0 Å². The smallest absolute Gasteiger partial charge is 0.167 e. The third-order valence-electron chi connectivity index (χ3n) is 2.93. The molecule has 1 aliphatic heterocycles. The van der Waals surface area contributed by atoms with E-state index in [0.29, 0.717) is 0 Å². The Morgan fingerprint density at radius 2 is 2.22 bits per heavy atom. The summed E-state index contributed by atoms with van der Waals surface area (Å²) in [5.74, 6) is 1.09. The molecule has 5 heteroatoms. The van der Waals surface area contributed by atoms with Crippen LogP contribution in [0.1, 0.15) is 25.0 Å². The summed E-state index contributed by atoms with van der Waals surface area (Å²) in [4.78, 5) is 2.00. The molecular formula is C13H19NO3S. The van der Waals surface area contributed by atoms with Gasteiger partial charge in [0.1, 0.15) is 11.6 Å². The van der Waals surface area contributed by atoms with Crippen LogP contribution in [0.5, 0.6) is 5.75 Å². The molecule has 0 saturated heterocycles. The molecular weight excluding hydrogens is 250 g/mol. The van der Waals surface area contributed by atoms with Crippen LogP contribution < -0.4 is 4.74 Å². The van der Waals surface area contributed by atoms with Gasteiger partial charge in [0, 0.05) is 13.1 Å². The Morgan fingerprint density at radius 3 is 2.89 bits per heavy atom. The molecule has 0 radical (unpaired) electrons. The monoisotopic (exact) mass is 269 g/mol. The van der Waals surface area contributed by atoms with E-state index in [9.17, 15) is 4.21 Å². The molecule has 0 spiro atoms. The second-order valence-corrected chi connectivity index (χ2v) is 5.75. The van der Waals surface area contributed by atoms with E-state index in [4.69, 9.17) is 9.29 Å². The van der Waals surface area contributed by atoms with E-state index in [1.54, 1.807) is 0 Å². The number of ether oxygens (including phenoxy) is 1. The largest absolute Gasteiger partial charge is 0.491 e. The molecule has 1 N–H and O–H groups in total. The topological polar surface area (TPSA) is 49.8 Å². The standard InChI is InChI=1S/C13H19NO3S/c1-10(2)17-13-4-3-11-5-6-14(9-18(15)16)8-12(11)7-13/h3-4,7,10H,5-6,8-9H2,1-2H3,(H,15,16). The second kappa shape index (κ2) is 5.82. The number of rotatable bonds is 4. The van der Waals surface area contributed by atoms with Gasteiger partial charge in [0.05, 0.1) is 6.10 Å². The number of hydrogen-bond acceptors (Lipinski definition) is 3. The lowest BCUT2D eigenvalue weighted by Gasteiger charge is -2.27. The van der Waals surface area contributed by atoms with Gasteiger partial charge in [-0.2, -0.15) is 0 Å². The van der Waals surface area contributed by atoms with Gasteiger partial charge in [0.25, 0.3) is 0 Å². The molecule has 1 aromatic carbocycles. The molecule has 0 bridgehead atoms. The minimum Gasteiger partial charge on any atom is -0.491 e. The summed E-state index contributed by atoms with van der Waals surface area (Å²) in [7, 11) is 0. The second-order valence-electron chi connectivity index (χ2n) is 4.85. The Bertz CT molecular complexity index is 448. The van der Waals surface area contributed by atoms with Crippen LogP contribution in [0, 0.1) is 0 Å². The van der Waals surface area contributed by atoms with Gasteiger partial charge in [0.2, 0.25) is 0 Å². The zero-order valence-corrected chi connectivity index (χ0v) is 11.6. The van der Waals surface area contributed by atoms with Gasteiger partial charge in [-0.25, -0.2) is 4.21 Å². The highest BCUT2D eigenvalue weighted by atomic mass is 32.2. The van der Waals surface area contributed by atoms with Crippen LogP contribution in [-0.4, -0.2) is 32.2 Å². The van der Waals surface area contributed by atoms with E-state index < -0.39 is 11.1 Å². The van der Waals surface area contributed by atoms with E-state index >= 15 is 0 Å². The fourth-order valence-corrected chi connectivity index (χ4v) is 2.74. The third-order valence-corrected chi connectivity index (χ3v) is 3.52. The molecule has 2 rings (SSSR count). The molecule has 1 aliphatic rings. The van der Waals surface area contributed by atoms with Crippen molar-refractivity contribution in [2.24, 2.45) is 0 Å². The summed E-state index contributed by atoms with van der Waals surface area (Å²) in [6.45, 7) is 5.56. The molecule has 0 fully saturated rings. The fourth-order valence-electron chi connectivity index (χ4n) is 2.20. The van der Waals surface area contributed by atoms with Gasteiger partial charge in [-0.05, 0) is 43.5 Å². The third kappa shape index (κ3) is 3.54. The van der Waals surface area contributed by atoms with E-state index in [0.717, 1.165) is 25.3 Å². The average Bonchev–Trinajstić information content (AvgIpc) is 2.26. The summed E-state index contributed by atoms with van der Waals surface area (Å²) in [5, 5.41) is 0. The first kappa shape index (κ1) is 13.5. The lowest BCUT2D eigenvalue weighted by Crippen LogP contribution is -2.33. The Morgan fingerprint density at radius 1 is 1.44 bits per heavy atom. The van der Waals surface area contributed by atoms with Crippen molar-refractivity contribution in [3.8, 4) is 5.75 Å². The van der Waals surface area contributed by atoms with Crippen molar-refractivity contribution in [2.75, 3.05) is 12.4 Å². The van der Waals surface area contributed by atoms with Crippen LogP contribution in [0.2, 0.25) is 0 Å². The van der Waals surface area contributed by atoms with E-state index in [2.05, 4.69) is 6.07 Å². The minimum atomic E-state index is -1.76. The van der Waals surface area contributed by atoms with Crippen LogP contribution in [-0.2, 0) is 24.0 Å². The molecule has 1 atom stereocenters. The Balaban J connectivity index is 2.11. The van der Waals surface area contributed by atoms with Crippen molar-refractivity contribution in [3.05, 3.63) is 29.3 Å². The zero-order valence-electron chi connectivity index (χ0n) is 10.8. The lowest BCUT2D eigenvalue weighted by molar-refractivity contribution is 0.240. The van der Waals surface area contributed by atoms with E-state index in [1.165, 1.54) is 11.1 Å². The number of fused-ring (bicyclic) bond motifs is 1. The highest BCUT2D eigenvalue weighted by Gasteiger charge is 2.18. The summed E-state index contributed by atoms with van der Waals surface area (Å²) >= 11 is -1.76. The van der Waals surface area contributed by atoms with Crippen LogP contribution >= 0.6 is 0 Å². The lowest BCUT2D eigenvalue weighted by atomic mass is 10.00. The molecule has 1 aromatic rings. The van der Waals surface area contributed by atoms with Crippen molar-refractivity contribution in [2.45, 2.75) is 32.9 Å². The SMILES string of the molecule is CC(C)Oc1ccc2c(c1)CN(CS(=O)O)CC2. The quantitative estimate of drug-likeness (QED) is 0.850. The van der Waals surface area contributed by atoms with Crippen LogP contribution in [0.4, 0.5) is 0 Å².